The predicted octanol–water partition coefficient (Wildman–Crippen LogP) is 6.53. The summed E-state index contributed by atoms with van der Waals surface area (Å²) in [4.78, 5) is 25.3. The molecule has 0 aliphatic carbocycles. The molecule has 3 aromatic rings. The summed E-state index contributed by atoms with van der Waals surface area (Å²) in [6.07, 6.45) is 3.14. The average Bonchev–Trinajstić information content (AvgIpc) is 2.95. The van der Waals surface area contributed by atoms with Crippen LogP contribution in [0.4, 0.5) is 0 Å². The quantitative estimate of drug-likeness (QED) is 0.112. The topological polar surface area (TPSA) is 82.4 Å². The molecule has 1 amide bonds. The molecule has 0 bridgehead atoms. The van der Waals surface area contributed by atoms with E-state index < -0.39 is 5.97 Å². The maximum absolute atomic E-state index is 11.9. The van der Waals surface area contributed by atoms with Gasteiger partial charge in [0.25, 0.3) is 0 Å². The van der Waals surface area contributed by atoms with Gasteiger partial charge in [0.05, 0.1) is 20.1 Å². The number of benzene rings is 3. The number of nitrogens with zero attached hydrogens (tertiary/aromatic N) is 3. The molecular formula is C34H43N3O4. The lowest BCUT2D eigenvalue weighted by atomic mass is 9.87. The van der Waals surface area contributed by atoms with Crippen LogP contribution in [0.5, 0.6) is 5.75 Å². The second kappa shape index (κ2) is 14.5. The number of amides is 1. The van der Waals surface area contributed by atoms with Gasteiger partial charge in [-0.15, -0.1) is 0 Å². The van der Waals surface area contributed by atoms with Crippen molar-refractivity contribution < 1.29 is 19.4 Å². The third-order valence-corrected chi connectivity index (χ3v) is 7.19. The van der Waals surface area contributed by atoms with Crippen LogP contribution < -0.4 is 4.74 Å². The molecular weight excluding hydrogens is 514 g/mol. The van der Waals surface area contributed by atoms with Crippen molar-refractivity contribution in [2.75, 3.05) is 20.7 Å². The van der Waals surface area contributed by atoms with E-state index in [9.17, 15) is 14.7 Å². The molecule has 0 saturated heterocycles. The van der Waals surface area contributed by atoms with Crippen molar-refractivity contribution in [3.05, 3.63) is 89.0 Å². The molecule has 0 atom stereocenters. The standard InChI is InChI=1S/C34H43N3O4/c1-7-36(5)32(35-37(24-38)23-26-14-17-30(18-15-26)34(2,3)4)13-9-11-25-10-8-12-27(20-25)28-16-19-31(41-6)29(21-28)22-33(39)40/h8,10,12,14-21,24H,7,9,11,13,22-23H2,1-6H3,(H,39,40)/b35-32-. The lowest BCUT2D eigenvalue weighted by Crippen LogP contribution is -2.30. The Morgan fingerprint density at radius 3 is 2.32 bits per heavy atom. The smallest absolute Gasteiger partial charge is 0.307 e. The zero-order chi connectivity index (χ0) is 30.0. The number of amidine groups is 1. The van der Waals surface area contributed by atoms with Gasteiger partial charge < -0.3 is 14.7 Å². The predicted molar refractivity (Wildman–Crippen MR) is 165 cm³/mol. The van der Waals surface area contributed by atoms with E-state index in [2.05, 4.69) is 69.0 Å². The first-order valence-corrected chi connectivity index (χ1v) is 14.1. The Morgan fingerprint density at radius 1 is 1.00 bits per heavy atom. The van der Waals surface area contributed by atoms with Gasteiger partial charge in [-0.25, -0.2) is 5.01 Å². The number of aryl methyl sites for hydroxylation is 1. The second-order valence-corrected chi connectivity index (χ2v) is 11.3. The monoisotopic (exact) mass is 557 g/mol. The van der Waals surface area contributed by atoms with E-state index in [1.54, 1.807) is 7.11 Å². The first-order chi connectivity index (χ1) is 19.5. The Labute approximate surface area is 244 Å². The van der Waals surface area contributed by atoms with Gasteiger partial charge in [-0.05, 0) is 65.1 Å². The molecule has 7 heteroatoms. The lowest BCUT2D eigenvalue weighted by molar-refractivity contribution is -0.136. The fourth-order valence-corrected chi connectivity index (χ4v) is 4.66. The number of hydrazone groups is 1. The molecule has 0 aliphatic rings. The highest BCUT2D eigenvalue weighted by molar-refractivity contribution is 5.82. The van der Waals surface area contributed by atoms with Crippen molar-refractivity contribution in [1.82, 2.24) is 9.91 Å². The van der Waals surface area contributed by atoms with Crippen molar-refractivity contribution in [1.29, 1.82) is 0 Å². The van der Waals surface area contributed by atoms with E-state index in [-0.39, 0.29) is 11.8 Å². The van der Waals surface area contributed by atoms with Crippen molar-refractivity contribution >= 4 is 18.2 Å². The largest absolute Gasteiger partial charge is 0.496 e. The minimum absolute atomic E-state index is 0.0789. The van der Waals surface area contributed by atoms with E-state index in [0.29, 0.717) is 17.9 Å². The SMILES string of the molecule is CCN(C)/C(CCCc1cccc(-c2ccc(OC)c(CC(=O)O)c2)c1)=N\N(C=O)Cc1ccc(C(C)(C)C)cc1. The maximum Gasteiger partial charge on any atom is 0.307 e. The number of carbonyl (C=O) groups is 2. The van der Waals surface area contributed by atoms with Gasteiger partial charge in [0.1, 0.15) is 11.6 Å². The van der Waals surface area contributed by atoms with E-state index in [1.165, 1.54) is 16.1 Å². The third-order valence-electron chi connectivity index (χ3n) is 7.19. The summed E-state index contributed by atoms with van der Waals surface area (Å²) < 4.78 is 5.35. The summed E-state index contributed by atoms with van der Waals surface area (Å²) in [6, 6.07) is 22.3. The molecule has 0 aromatic heterocycles. The first-order valence-electron chi connectivity index (χ1n) is 14.1. The van der Waals surface area contributed by atoms with Crippen LogP contribution in [0.25, 0.3) is 11.1 Å². The van der Waals surface area contributed by atoms with Crippen molar-refractivity contribution in [3.63, 3.8) is 0 Å². The normalized spacial score (nSPS) is 11.7. The number of carboxylic acids is 1. The maximum atomic E-state index is 11.9. The molecule has 0 aliphatic heterocycles. The molecule has 0 radical (unpaired) electrons. The van der Waals surface area contributed by atoms with Crippen molar-refractivity contribution in [2.24, 2.45) is 5.10 Å². The minimum Gasteiger partial charge on any atom is -0.496 e. The molecule has 0 saturated carbocycles. The number of methoxy groups -OCH3 is 1. The van der Waals surface area contributed by atoms with Gasteiger partial charge in [-0.3, -0.25) is 9.59 Å². The Bertz CT molecular complexity index is 1340. The summed E-state index contributed by atoms with van der Waals surface area (Å²) in [6.45, 7) is 9.84. The number of carbonyl (C=O) groups excluding carboxylic acids is 1. The van der Waals surface area contributed by atoms with Crippen LogP contribution in [-0.2, 0) is 34.4 Å². The summed E-state index contributed by atoms with van der Waals surface area (Å²) in [7, 11) is 3.55. The number of aliphatic carboxylic acids is 1. The highest BCUT2D eigenvalue weighted by Gasteiger charge is 2.14. The molecule has 1 N–H and O–H groups in total. The highest BCUT2D eigenvalue weighted by Crippen LogP contribution is 2.28. The molecule has 0 spiro atoms. The summed E-state index contributed by atoms with van der Waals surface area (Å²) in [5, 5.41) is 15.5. The molecule has 0 unspecified atom stereocenters. The Balaban J connectivity index is 1.70. The van der Waals surface area contributed by atoms with Crippen LogP contribution in [0.15, 0.2) is 71.8 Å². The van der Waals surface area contributed by atoms with Crippen LogP contribution in [0, 0.1) is 0 Å². The lowest BCUT2D eigenvalue weighted by Gasteiger charge is -2.23. The van der Waals surface area contributed by atoms with Crippen molar-refractivity contribution in [2.45, 2.75) is 65.3 Å². The fraction of sp³-hybridized carbons (Fsp3) is 0.382. The second-order valence-electron chi connectivity index (χ2n) is 11.3. The zero-order valence-corrected chi connectivity index (χ0v) is 25.2. The summed E-state index contributed by atoms with van der Waals surface area (Å²) in [5.74, 6) is 0.552. The number of carboxylic acid groups (broad SMARTS) is 1. The van der Waals surface area contributed by atoms with E-state index in [1.807, 2.05) is 37.4 Å². The van der Waals surface area contributed by atoms with Gasteiger partial charge in [-0.2, -0.15) is 5.10 Å². The van der Waals surface area contributed by atoms with Gasteiger partial charge in [0.15, 0.2) is 0 Å². The number of hydrogen-bond donors (Lipinski definition) is 1. The minimum atomic E-state index is -0.893. The molecule has 0 fully saturated rings. The zero-order valence-electron chi connectivity index (χ0n) is 25.2. The van der Waals surface area contributed by atoms with Crippen LogP contribution in [-0.4, -0.2) is 53.9 Å². The molecule has 3 rings (SSSR count). The van der Waals surface area contributed by atoms with Crippen LogP contribution in [0.1, 0.15) is 62.8 Å². The number of hydrogen-bond acceptors (Lipinski definition) is 4. The number of ether oxygens (including phenoxy) is 1. The van der Waals surface area contributed by atoms with Gasteiger partial charge >= 0.3 is 5.97 Å². The molecule has 0 heterocycles. The number of rotatable bonds is 13. The molecule has 7 nitrogen and oxygen atoms in total. The van der Waals surface area contributed by atoms with Gasteiger partial charge in [0.2, 0.25) is 6.41 Å². The third kappa shape index (κ3) is 9.20. The van der Waals surface area contributed by atoms with Crippen LogP contribution in [0.3, 0.4) is 0 Å². The van der Waals surface area contributed by atoms with Crippen molar-refractivity contribution in [3.8, 4) is 16.9 Å². The fourth-order valence-electron chi connectivity index (χ4n) is 4.66. The van der Waals surface area contributed by atoms with Crippen LogP contribution in [0.2, 0.25) is 0 Å². The Kier molecular flexibility index (Phi) is 11.1. The first kappa shape index (κ1) is 31.4. The van der Waals surface area contributed by atoms with Gasteiger partial charge in [0, 0.05) is 25.6 Å². The summed E-state index contributed by atoms with van der Waals surface area (Å²) in [5.41, 5.74) is 6.18. The van der Waals surface area contributed by atoms with Gasteiger partial charge in [-0.1, -0.05) is 75.4 Å². The molecule has 218 valence electrons. The Morgan fingerprint density at radius 2 is 1.71 bits per heavy atom. The van der Waals surface area contributed by atoms with E-state index in [0.717, 1.165) is 54.7 Å². The molecule has 41 heavy (non-hydrogen) atoms. The average molecular weight is 558 g/mol. The van der Waals surface area contributed by atoms with Crippen LogP contribution >= 0.6 is 0 Å². The van der Waals surface area contributed by atoms with E-state index in [4.69, 9.17) is 9.84 Å². The Hall–Kier alpha value is -4.13. The summed E-state index contributed by atoms with van der Waals surface area (Å²) >= 11 is 0. The highest BCUT2D eigenvalue weighted by atomic mass is 16.5. The molecule has 3 aromatic carbocycles. The van der Waals surface area contributed by atoms with E-state index >= 15 is 0 Å².